The van der Waals surface area contributed by atoms with E-state index >= 15 is 0 Å². The molecule has 20 heavy (non-hydrogen) atoms. The highest BCUT2D eigenvalue weighted by Gasteiger charge is 2.30. The van der Waals surface area contributed by atoms with E-state index < -0.39 is 0 Å². The van der Waals surface area contributed by atoms with Crippen LogP contribution in [0, 0.1) is 5.92 Å². The van der Waals surface area contributed by atoms with Crippen molar-refractivity contribution in [3.8, 4) is 5.75 Å². The van der Waals surface area contributed by atoms with E-state index in [0.717, 1.165) is 18.7 Å². The number of benzene rings is 1. The summed E-state index contributed by atoms with van der Waals surface area (Å²) in [6.07, 6.45) is 0.752. The van der Waals surface area contributed by atoms with Crippen LogP contribution >= 0.6 is 11.6 Å². The zero-order chi connectivity index (χ0) is 14.7. The molecule has 0 bridgehead atoms. The second-order valence-electron chi connectivity index (χ2n) is 5.24. The Bertz CT molecular complexity index is 490. The van der Waals surface area contributed by atoms with E-state index in [0.29, 0.717) is 17.3 Å². The standard InChI is InChI=1S/C15H20ClNO3/c1-10(2)20-15(18)11-6-7-17(9-11)12-4-5-14(19-3)13(16)8-12/h4-5,8,10-11H,6-7,9H2,1-3H3. The van der Waals surface area contributed by atoms with Crippen LogP contribution < -0.4 is 9.64 Å². The van der Waals surface area contributed by atoms with Crippen LogP contribution in [0.15, 0.2) is 18.2 Å². The van der Waals surface area contributed by atoms with Crippen molar-refractivity contribution in [2.45, 2.75) is 26.4 Å². The molecule has 0 amide bonds. The number of rotatable bonds is 4. The summed E-state index contributed by atoms with van der Waals surface area (Å²) >= 11 is 6.13. The molecule has 110 valence electrons. The van der Waals surface area contributed by atoms with Crippen LogP contribution in [-0.4, -0.2) is 32.3 Å². The van der Waals surface area contributed by atoms with Crippen LogP contribution in [0.25, 0.3) is 0 Å². The van der Waals surface area contributed by atoms with Gasteiger partial charge in [0, 0.05) is 18.8 Å². The molecule has 0 saturated carbocycles. The largest absolute Gasteiger partial charge is 0.495 e. The number of anilines is 1. The molecule has 1 atom stereocenters. The Kier molecular flexibility index (Phi) is 4.76. The molecule has 0 N–H and O–H groups in total. The molecule has 1 unspecified atom stereocenters. The van der Waals surface area contributed by atoms with Gasteiger partial charge in [-0.1, -0.05) is 11.6 Å². The van der Waals surface area contributed by atoms with Crippen molar-refractivity contribution in [2.24, 2.45) is 5.92 Å². The Hall–Kier alpha value is -1.42. The summed E-state index contributed by atoms with van der Waals surface area (Å²) in [5.41, 5.74) is 1.01. The van der Waals surface area contributed by atoms with Gasteiger partial charge in [0.25, 0.3) is 0 Å². The molecule has 1 aromatic carbocycles. The Labute approximate surface area is 124 Å². The van der Waals surface area contributed by atoms with Crippen molar-refractivity contribution >= 4 is 23.3 Å². The minimum absolute atomic E-state index is 0.0572. The lowest BCUT2D eigenvalue weighted by atomic mass is 10.1. The molecule has 5 heteroatoms. The lowest BCUT2D eigenvalue weighted by molar-refractivity contribution is -0.151. The van der Waals surface area contributed by atoms with Crippen molar-refractivity contribution in [3.63, 3.8) is 0 Å². The Morgan fingerprint density at radius 1 is 1.45 bits per heavy atom. The normalized spacial score (nSPS) is 18.4. The van der Waals surface area contributed by atoms with Crippen LogP contribution in [0.3, 0.4) is 0 Å². The summed E-state index contributed by atoms with van der Waals surface area (Å²) in [6, 6.07) is 5.68. The van der Waals surface area contributed by atoms with Gasteiger partial charge in [0.05, 0.1) is 24.2 Å². The van der Waals surface area contributed by atoms with Gasteiger partial charge in [0.2, 0.25) is 0 Å². The third-order valence-electron chi connectivity index (χ3n) is 3.37. The molecule has 1 aliphatic rings. The number of carbonyl (C=O) groups is 1. The number of ether oxygens (including phenoxy) is 2. The van der Waals surface area contributed by atoms with E-state index in [-0.39, 0.29) is 18.0 Å². The van der Waals surface area contributed by atoms with E-state index in [4.69, 9.17) is 21.1 Å². The summed E-state index contributed by atoms with van der Waals surface area (Å²) in [7, 11) is 1.59. The molecular weight excluding hydrogens is 278 g/mol. The highest BCUT2D eigenvalue weighted by Crippen LogP contribution is 2.32. The summed E-state index contributed by atoms with van der Waals surface area (Å²) in [5.74, 6) is 0.491. The second kappa shape index (κ2) is 6.35. The van der Waals surface area contributed by atoms with Crippen molar-refractivity contribution in [1.29, 1.82) is 0 Å². The maximum Gasteiger partial charge on any atom is 0.311 e. The molecule has 1 heterocycles. The van der Waals surface area contributed by atoms with Crippen molar-refractivity contribution in [3.05, 3.63) is 23.2 Å². The molecule has 0 aromatic heterocycles. The fraction of sp³-hybridized carbons (Fsp3) is 0.533. The van der Waals surface area contributed by atoms with Crippen LogP contribution in [0.2, 0.25) is 5.02 Å². The van der Waals surface area contributed by atoms with Crippen LogP contribution in [-0.2, 0) is 9.53 Å². The zero-order valence-corrected chi connectivity index (χ0v) is 12.8. The van der Waals surface area contributed by atoms with Crippen LogP contribution in [0.1, 0.15) is 20.3 Å². The first-order valence-electron chi connectivity index (χ1n) is 6.80. The molecule has 0 radical (unpaired) electrons. The number of hydrogen-bond acceptors (Lipinski definition) is 4. The molecule has 1 aliphatic heterocycles. The van der Waals surface area contributed by atoms with E-state index in [1.54, 1.807) is 7.11 Å². The number of nitrogens with zero attached hydrogens (tertiary/aromatic N) is 1. The zero-order valence-electron chi connectivity index (χ0n) is 12.1. The molecule has 4 nitrogen and oxygen atoms in total. The van der Waals surface area contributed by atoms with Gasteiger partial charge in [-0.15, -0.1) is 0 Å². The Morgan fingerprint density at radius 2 is 2.20 bits per heavy atom. The second-order valence-corrected chi connectivity index (χ2v) is 5.64. The van der Waals surface area contributed by atoms with Gasteiger partial charge in [-0.05, 0) is 38.5 Å². The smallest absolute Gasteiger partial charge is 0.311 e. The topological polar surface area (TPSA) is 38.8 Å². The van der Waals surface area contributed by atoms with Gasteiger partial charge < -0.3 is 14.4 Å². The van der Waals surface area contributed by atoms with Crippen molar-refractivity contribution in [2.75, 3.05) is 25.1 Å². The predicted octanol–water partition coefficient (Wildman–Crippen LogP) is 3.13. The molecule has 1 aromatic rings. The highest BCUT2D eigenvalue weighted by atomic mass is 35.5. The summed E-state index contributed by atoms with van der Waals surface area (Å²) in [4.78, 5) is 14.1. The third kappa shape index (κ3) is 3.37. The monoisotopic (exact) mass is 297 g/mol. The maximum atomic E-state index is 11.9. The van der Waals surface area contributed by atoms with Gasteiger partial charge in [0.15, 0.2) is 0 Å². The van der Waals surface area contributed by atoms with E-state index in [2.05, 4.69) is 4.90 Å². The van der Waals surface area contributed by atoms with Crippen LogP contribution in [0.5, 0.6) is 5.75 Å². The fourth-order valence-corrected chi connectivity index (χ4v) is 2.62. The number of methoxy groups -OCH3 is 1. The Balaban J connectivity index is 2.02. The minimum Gasteiger partial charge on any atom is -0.495 e. The number of hydrogen-bond donors (Lipinski definition) is 0. The van der Waals surface area contributed by atoms with E-state index in [1.165, 1.54) is 0 Å². The fourth-order valence-electron chi connectivity index (χ4n) is 2.37. The molecule has 1 fully saturated rings. The van der Waals surface area contributed by atoms with Gasteiger partial charge in [-0.2, -0.15) is 0 Å². The first kappa shape index (κ1) is 15.0. The van der Waals surface area contributed by atoms with Gasteiger partial charge in [-0.3, -0.25) is 4.79 Å². The first-order chi connectivity index (χ1) is 9.51. The van der Waals surface area contributed by atoms with Crippen LogP contribution in [0.4, 0.5) is 5.69 Å². The molecular formula is C15H20ClNO3. The van der Waals surface area contributed by atoms with E-state index in [9.17, 15) is 4.79 Å². The minimum atomic E-state index is -0.109. The maximum absolute atomic E-state index is 11.9. The average molecular weight is 298 g/mol. The quantitative estimate of drug-likeness (QED) is 0.801. The average Bonchev–Trinajstić information content (AvgIpc) is 2.87. The number of carbonyl (C=O) groups excluding carboxylic acids is 1. The van der Waals surface area contributed by atoms with Crippen molar-refractivity contribution in [1.82, 2.24) is 0 Å². The van der Waals surface area contributed by atoms with Gasteiger partial charge >= 0.3 is 5.97 Å². The SMILES string of the molecule is COc1ccc(N2CCC(C(=O)OC(C)C)C2)cc1Cl. The molecule has 2 rings (SSSR count). The molecule has 0 spiro atoms. The van der Waals surface area contributed by atoms with Gasteiger partial charge in [-0.25, -0.2) is 0 Å². The Morgan fingerprint density at radius 3 is 2.80 bits per heavy atom. The van der Waals surface area contributed by atoms with Crippen molar-refractivity contribution < 1.29 is 14.3 Å². The highest BCUT2D eigenvalue weighted by molar-refractivity contribution is 6.32. The number of halogens is 1. The van der Waals surface area contributed by atoms with E-state index in [1.807, 2.05) is 32.0 Å². The predicted molar refractivity (Wildman–Crippen MR) is 79.6 cm³/mol. The lowest BCUT2D eigenvalue weighted by Crippen LogP contribution is -2.25. The van der Waals surface area contributed by atoms with Gasteiger partial charge in [0.1, 0.15) is 5.75 Å². The third-order valence-corrected chi connectivity index (χ3v) is 3.67. The number of esters is 1. The first-order valence-corrected chi connectivity index (χ1v) is 7.18. The molecule has 1 saturated heterocycles. The molecule has 0 aliphatic carbocycles. The summed E-state index contributed by atoms with van der Waals surface area (Å²) in [6.45, 7) is 5.25. The summed E-state index contributed by atoms with van der Waals surface area (Å²) in [5, 5.41) is 0.582. The summed E-state index contributed by atoms with van der Waals surface area (Å²) < 4.78 is 10.4. The lowest BCUT2D eigenvalue weighted by Gasteiger charge is -2.19.